The number of carbonyl (C=O) groups is 2. The second-order valence-electron chi connectivity index (χ2n) is 7.29. The SMILES string of the molecule is CC(=O)[C@@H](Cc1ccccc1)NC(=O)C[NH+](C)Cc1ccc(N(C)C)cc1. The first-order valence-electron chi connectivity index (χ1n) is 9.26. The van der Waals surface area contributed by atoms with Crippen LogP contribution in [0, 0.1) is 0 Å². The van der Waals surface area contributed by atoms with E-state index in [1.807, 2.05) is 51.5 Å². The van der Waals surface area contributed by atoms with E-state index in [1.165, 1.54) is 12.5 Å². The lowest BCUT2D eigenvalue weighted by Crippen LogP contribution is -3.09. The molecule has 2 atom stereocenters. The van der Waals surface area contributed by atoms with Crippen LogP contribution in [-0.4, -0.2) is 45.4 Å². The van der Waals surface area contributed by atoms with Gasteiger partial charge in [0.2, 0.25) is 0 Å². The second-order valence-corrected chi connectivity index (χ2v) is 7.29. The lowest BCUT2D eigenvalue weighted by Gasteiger charge is -2.19. The number of quaternary nitrogens is 1. The number of hydrogen-bond donors (Lipinski definition) is 2. The summed E-state index contributed by atoms with van der Waals surface area (Å²) in [5.74, 6) is -0.127. The number of benzene rings is 2. The Morgan fingerprint density at radius 2 is 1.63 bits per heavy atom. The minimum absolute atomic E-state index is 0.0240. The van der Waals surface area contributed by atoms with Crippen LogP contribution in [0.3, 0.4) is 0 Å². The highest BCUT2D eigenvalue weighted by molar-refractivity contribution is 5.88. The van der Waals surface area contributed by atoms with Gasteiger partial charge in [-0.1, -0.05) is 42.5 Å². The van der Waals surface area contributed by atoms with Crippen molar-refractivity contribution in [1.82, 2.24) is 5.32 Å². The van der Waals surface area contributed by atoms with Crippen molar-refractivity contribution in [3.8, 4) is 0 Å². The fourth-order valence-corrected chi connectivity index (χ4v) is 2.99. The number of ketones is 1. The summed E-state index contributed by atoms with van der Waals surface area (Å²) >= 11 is 0. The number of nitrogens with one attached hydrogen (secondary N) is 2. The van der Waals surface area contributed by atoms with Gasteiger partial charge in [-0.05, 0) is 31.0 Å². The highest BCUT2D eigenvalue weighted by Crippen LogP contribution is 2.11. The maximum atomic E-state index is 12.4. The first kappa shape index (κ1) is 20.6. The first-order valence-corrected chi connectivity index (χ1v) is 9.26. The summed E-state index contributed by atoms with van der Waals surface area (Å²) in [5, 5.41) is 2.89. The number of rotatable bonds is 9. The van der Waals surface area contributed by atoms with Gasteiger partial charge in [0.15, 0.2) is 12.3 Å². The van der Waals surface area contributed by atoms with Crippen LogP contribution in [0.1, 0.15) is 18.1 Å². The van der Waals surface area contributed by atoms with E-state index < -0.39 is 6.04 Å². The molecule has 144 valence electrons. The molecule has 5 heteroatoms. The molecule has 0 saturated heterocycles. The van der Waals surface area contributed by atoms with Crippen LogP contribution in [0.25, 0.3) is 0 Å². The molecule has 0 saturated carbocycles. The Balaban J connectivity index is 1.87. The monoisotopic (exact) mass is 368 g/mol. The van der Waals surface area contributed by atoms with Gasteiger partial charge >= 0.3 is 0 Å². The number of amides is 1. The Bertz CT molecular complexity index is 742. The van der Waals surface area contributed by atoms with Crippen molar-refractivity contribution in [2.45, 2.75) is 25.9 Å². The third-order valence-electron chi connectivity index (χ3n) is 4.53. The van der Waals surface area contributed by atoms with Gasteiger partial charge in [-0.25, -0.2) is 0 Å². The van der Waals surface area contributed by atoms with Gasteiger partial charge in [-0.3, -0.25) is 9.59 Å². The van der Waals surface area contributed by atoms with Gasteiger partial charge < -0.3 is 15.1 Å². The van der Waals surface area contributed by atoms with E-state index >= 15 is 0 Å². The van der Waals surface area contributed by atoms with Crippen LogP contribution in [0.5, 0.6) is 0 Å². The molecule has 2 N–H and O–H groups in total. The van der Waals surface area contributed by atoms with E-state index in [9.17, 15) is 9.59 Å². The van der Waals surface area contributed by atoms with Crippen molar-refractivity contribution in [3.05, 3.63) is 65.7 Å². The Hall–Kier alpha value is -2.66. The predicted molar refractivity (Wildman–Crippen MR) is 109 cm³/mol. The van der Waals surface area contributed by atoms with Gasteiger partial charge in [0, 0.05) is 25.3 Å². The van der Waals surface area contributed by atoms with Crippen LogP contribution in [0.2, 0.25) is 0 Å². The molecular formula is C22H30N3O2+. The molecule has 0 heterocycles. The zero-order valence-corrected chi connectivity index (χ0v) is 16.7. The summed E-state index contributed by atoms with van der Waals surface area (Å²) < 4.78 is 0. The van der Waals surface area contributed by atoms with E-state index in [1.54, 1.807) is 0 Å². The van der Waals surface area contributed by atoms with Crippen molar-refractivity contribution < 1.29 is 14.5 Å². The zero-order valence-electron chi connectivity index (χ0n) is 16.7. The average Bonchev–Trinajstić information content (AvgIpc) is 2.62. The maximum Gasteiger partial charge on any atom is 0.275 e. The fourth-order valence-electron chi connectivity index (χ4n) is 2.99. The standard InChI is InChI=1S/C22H29N3O2/c1-17(26)21(14-18-8-6-5-7-9-18)23-22(27)16-25(4)15-19-10-12-20(13-11-19)24(2)3/h5-13,21H,14-16H2,1-4H3,(H,23,27)/p+1/t21-/m1/s1. The van der Waals surface area contributed by atoms with Crippen LogP contribution in [-0.2, 0) is 22.6 Å². The molecule has 5 nitrogen and oxygen atoms in total. The quantitative estimate of drug-likeness (QED) is 0.697. The Morgan fingerprint density at radius 1 is 1.00 bits per heavy atom. The van der Waals surface area contributed by atoms with Crippen molar-refractivity contribution >= 4 is 17.4 Å². The summed E-state index contributed by atoms with van der Waals surface area (Å²) in [6.45, 7) is 2.61. The third kappa shape index (κ3) is 6.87. The lowest BCUT2D eigenvalue weighted by atomic mass is 10.0. The summed E-state index contributed by atoms with van der Waals surface area (Å²) in [4.78, 5) is 27.5. The van der Waals surface area contributed by atoms with Gasteiger partial charge in [0.25, 0.3) is 5.91 Å². The molecule has 2 rings (SSSR count). The normalized spacial score (nSPS) is 12.9. The summed E-state index contributed by atoms with van der Waals surface area (Å²) in [5.41, 5.74) is 3.37. The van der Waals surface area contributed by atoms with Crippen molar-refractivity contribution in [2.24, 2.45) is 0 Å². The smallest absolute Gasteiger partial charge is 0.275 e. The van der Waals surface area contributed by atoms with Crippen molar-refractivity contribution in [3.63, 3.8) is 0 Å². The minimum Gasteiger partial charge on any atom is -0.378 e. The Kier molecular flexibility index (Phi) is 7.55. The summed E-state index contributed by atoms with van der Waals surface area (Å²) in [6, 6.07) is 17.6. The second kappa shape index (κ2) is 9.88. The van der Waals surface area contributed by atoms with Crippen LogP contribution < -0.4 is 15.1 Å². The summed E-state index contributed by atoms with van der Waals surface area (Å²) in [7, 11) is 6.01. The molecule has 0 fully saturated rings. The number of Topliss-reactive ketones (excluding diaryl/α,β-unsaturated/α-hetero) is 1. The Morgan fingerprint density at radius 3 is 2.19 bits per heavy atom. The van der Waals surface area contributed by atoms with E-state index in [0.29, 0.717) is 13.0 Å². The van der Waals surface area contributed by atoms with E-state index in [-0.39, 0.29) is 11.7 Å². The fraction of sp³-hybridized carbons (Fsp3) is 0.364. The molecule has 0 spiro atoms. The maximum absolute atomic E-state index is 12.4. The highest BCUT2D eigenvalue weighted by Gasteiger charge is 2.19. The minimum atomic E-state index is -0.480. The Labute approximate surface area is 162 Å². The molecule has 0 aliphatic carbocycles. The number of carbonyl (C=O) groups excluding carboxylic acids is 2. The van der Waals surface area contributed by atoms with E-state index in [4.69, 9.17) is 0 Å². The van der Waals surface area contributed by atoms with Crippen LogP contribution in [0.15, 0.2) is 54.6 Å². The van der Waals surface area contributed by atoms with Gasteiger partial charge in [0.05, 0.1) is 13.1 Å². The van der Waals surface area contributed by atoms with Gasteiger partial charge in [-0.15, -0.1) is 0 Å². The number of anilines is 1. The van der Waals surface area contributed by atoms with Crippen molar-refractivity contribution in [2.75, 3.05) is 32.6 Å². The van der Waals surface area contributed by atoms with E-state index in [2.05, 4.69) is 34.5 Å². The molecule has 1 amide bonds. The number of likely N-dealkylation sites (N-methyl/N-ethyl adjacent to an activating group) is 1. The molecule has 2 aromatic rings. The molecule has 0 aromatic heterocycles. The zero-order chi connectivity index (χ0) is 19.8. The van der Waals surface area contributed by atoms with Crippen LogP contribution >= 0.6 is 0 Å². The van der Waals surface area contributed by atoms with Gasteiger partial charge in [0.1, 0.15) is 6.54 Å². The average molecular weight is 369 g/mol. The number of hydrogen-bond acceptors (Lipinski definition) is 3. The van der Waals surface area contributed by atoms with Gasteiger partial charge in [-0.2, -0.15) is 0 Å². The molecule has 2 aromatic carbocycles. The van der Waals surface area contributed by atoms with Crippen molar-refractivity contribution in [1.29, 1.82) is 0 Å². The van der Waals surface area contributed by atoms with Crippen LogP contribution in [0.4, 0.5) is 5.69 Å². The lowest BCUT2D eigenvalue weighted by molar-refractivity contribution is -0.885. The number of nitrogens with zero attached hydrogens (tertiary/aromatic N) is 1. The molecule has 0 bridgehead atoms. The molecule has 1 unspecified atom stereocenters. The highest BCUT2D eigenvalue weighted by atomic mass is 16.2. The first-order chi connectivity index (χ1) is 12.8. The molecule has 0 aliphatic rings. The molecule has 27 heavy (non-hydrogen) atoms. The topological polar surface area (TPSA) is 53.9 Å². The molecule has 0 radical (unpaired) electrons. The molecule has 0 aliphatic heterocycles. The predicted octanol–water partition coefficient (Wildman–Crippen LogP) is 1.08. The third-order valence-corrected chi connectivity index (χ3v) is 4.53. The largest absolute Gasteiger partial charge is 0.378 e. The summed E-state index contributed by atoms with van der Waals surface area (Å²) in [6.07, 6.45) is 0.521. The molecular weight excluding hydrogens is 338 g/mol. The van der Waals surface area contributed by atoms with E-state index in [0.717, 1.165) is 22.7 Å².